The van der Waals surface area contributed by atoms with Crippen molar-refractivity contribution < 1.29 is 39.1 Å². The molecule has 1 fully saturated rings. The Kier molecular flexibility index (Phi) is 7.33. The van der Waals surface area contributed by atoms with Crippen molar-refractivity contribution in [3.63, 3.8) is 0 Å². The molecule has 4 heterocycles. The number of thioether (sulfide) groups is 1. The Labute approximate surface area is 218 Å². The Morgan fingerprint density at radius 1 is 1.30 bits per heavy atom. The number of hydrogen-bond donors (Lipinski definition) is 5. The molecule has 14 nitrogen and oxygen atoms in total. The van der Waals surface area contributed by atoms with Crippen LogP contribution >= 0.6 is 23.3 Å². The van der Waals surface area contributed by atoms with Gasteiger partial charge in [-0.25, -0.2) is 14.2 Å². The molecule has 3 atom stereocenters. The molecule has 0 spiro atoms. The number of aliphatic carboxylic acids is 2. The van der Waals surface area contributed by atoms with Crippen LogP contribution in [0.2, 0.25) is 0 Å². The summed E-state index contributed by atoms with van der Waals surface area (Å²) in [4.78, 5) is 46.9. The Balaban J connectivity index is 1.55. The number of anilines is 1. The van der Waals surface area contributed by atoms with Crippen molar-refractivity contribution in [1.82, 2.24) is 19.6 Å². The summed E-state index contributed by atoms with van der Waals surface area (Å²) >= 11 is 2.17. The number of fused-ring (bicyclic) bond motifs is 1. The fourth-order valence-corrected chi connectivity index (χ4v) is 5.49. The molecule has 0 bridgehead atoms. The maximum atomic E-state index is 13.1. The van der Waals surface area contributed by atoms with Crippen LogP contribution in [0.3, 0.4) is 0 Å². The van der Waals surface area contributed by atoms with E-state index in [4.69, 9.17) is 10.6 Å². The van der Waals surface area contributed by atoms with Gasteiger partial charge in [0.05, 0.1) is 0 Å². The number of oxime groups is 1. The number of carboxylic acids is 2. The highest BCUT2D eigenvalue weighted by Crippen LogP contribution is 2.42. The number of aromatic nitrogens is 3. The summed E-state index contributed by atoms with van der Waals surface area (Å²) < 4.78 is 5.77. The summed E-state index contributed by atoms with van der Waals surface area (Å²) in [6, 6.07) is 4.64. The summed E-state index contributed by atoms with van der Waals surface area (Å²) in [6.07, 6.45) is 2.29. The second kappa shape index (κ2) is 10.3. The first kappa shape index (κ1) is 26.3. The van der Waals surface area contributed by atoms with E-state index in [0.29, 0.717) is 17.9 Å². The molecule has 0 aromatic carbocycles. The van der Waals surface area contributed by atoms with Crippen molar-refractivity contribution in [3.05, 3.63) is 47.7 Å². The van der Waals surface area contributed by atoms with Gasteiger partial charge in [0.1, 0.15) is 17.1 Å². The first-order chi connectivity index (χ1) is 17.5. The van der Waals surface area contributed by atoms with Gasteiger partial charge in [-0.15, -0.1) is 11.8 Å². The van der Waals surface area contributed by atoms with E-state index in [1.807, 2.05) is 35.2 Å². The minimum absolute atomic E-state index is 0.0209. The van der Waals surface area contributed by atoms with Crippen molar-refractivity contribution >= 4 is 52.0 Å². The van der Waals surface area contributed by atoms with Crippen LogP contribution in [-0.2, 0) is 25.8 Å². The molecule has 2 aliphatic heterocycles. The van der Waals surface area contributed by atoms with Gasteiger partial charge in [-0.2, -0.15) is 9.36 Å². The lowest BCUT2D eigenvalue weighted by molar-refractivity contribution is -0.689. The monoisotopic (exact) mass is 550 g/mol. The molecule has 1 amide bonds. The highest BCUT2D eigenvalue weighted by molar-refractivity contribution is 8.00. The molecule has 2 aromatic heterocycles. The van der Waals surface area contributed by atoms with Gasteiger partial charge in [-0.3, -0.25) is 4.79 Å². The summed E-state index contributed by atoms with van der Waals surface area (Å²) in [5, 5.41) is 35.8. The third kappa shape index (κ3) is 5.35. The van der Waals surface area contributed by atoms with E-state index < -0.39 is 46.8 Å². The van der Waals surface area contributed by atoms with E-state index in [0.717, 1.165) is 11.5 Å². The number of carbonyl (C=O) groups is 3. The average Bonchev–Trinajstić information content (AvgIpc) is 3.28. The van der Waals surface area contributed by atoms with Gasteiger partial charge in [0.2, 0.25) is 17.1 Å². The molecule has 0 radical (unpaired) electrons. The number of rotatable bonds is 9. The van der Waals surface area contributed by atoms with Crippen LogP contribution in [0.25, 0.3) is 0 Å². The summed E-state index contributed by atoms with van der Waals surface area (Å²) in [7, 11) is 0. The third-order valence-corrected chi connectivity index (χ3v) is 7.53. The molecular formula is C21H24N7O7S2+. The van der Waals surface area contributed by atoms with Crippen molar-refractivity contribution in [2.75, 3.05) is 11.5 Å². The Bertz CT molecular complexity index is 1280. The molecule has 3 unspecified atom stereocenters. The number of carbonyl (C=O) groups excluding carboxylic acids is 1. The standard InChI is InChI=1S/C21H23N7O7S2/c1-21(2,19(33)34)35-25-11(14-24-20(22)37-26-14)15(29)23-12-16(30)28-13(18(31)32)10(9-36-17(12)28)8-27-6-4-3-5-7-27/h3-7,12,16-17,30H,8-9H2,1-2H3,(H4-,22,23,24,26,29,31,32,33,34)/p+1. The van der Waals surface area contributed by atoms with E-state index in [2.05, 4.69) is 19.8 Å². The molecule has 4 rings (SSSR count). The van der Waals surface area contributed by atoms with E-state index in [1.54, 1.807) is 0 Å². The molecular weight excluding hydrogens is 526 g/mol. The van der Waals surface area contributed by atoms with Crippen LogP contribution in [0.1, 0.15) is 19.7 Å². The van der Waals surface area contributed by atoms with Gasteiger partial charge in [-0.05, 0) is 13.8 Å². The number of hydrogen-bond acceptors (Lipinski definition) is 12. The lowest BCUT2D eigenvalue weighted by Crippen LogP contribution is -2.73. The van der Waals surface area contributed by atoms with Crippen LogP contribution in [-0.4, -0.2) is 82.1 Å². The van der Waals surface area contributed by atoms with Crippen LogP contribution < -0.4 is 15.6 Å². The van der Waals surface area contributed by atoms with Gasteiger partial charge in [0, 0.05) is 35.0 Å². The van der Waals surface area contributed by atoms with Gasteiger partial charge < -0.3 is 36.1 Å². The van der Waals surface area contributed by atoms with Crippen molar-refractivity contribution in [1.29, 1.82) is 0 Å². The summed E-state index contributed by atoms with van der Waals surface area (Å²) in [6.45, 7) is 2.82. The molecule has 6 N–H and O–H groups in total. The van der Waals surface area contributed by atoms with E-state index in [1.165, 1.54) is 30.5 Å². The number of carboxylic acid groups (broad SMARTS) is 2. The van der Waals surface area contributed by atoms with Crippen LogP contribution in [0.4, 0.5) is 5.13 Å². The number of amides is 1. The lowest BCUT2D eigenvalue weighted by atomic mass is 10.0. The van der Waals surface area contributed by atoms with Crippen molar-refractivity contribution in [3.8, 4) is 0 Å². The SMILES string of the molecule is CC(C)(ON=C(C(=O)NC1C(O)N2C(C(=O)O)=C(C[n+]3ccccc3)CSC12)c1nsc(N)n1)C(=O)O. The maximum Gasteiger partial charge on any atom is 0.352 e. The molecule has 1 saturated heterocycles. The second-order valence-electron chi connectivity index (χ2n) is 8.63. The second-order valence-corrected chi connectivity index (χ2v) is 10.5. The topological polar surface area (TPSA) is 204 Å². The van der Waals surface area contributed by atoms with Crippen molar-refractivity contribution in [2.24, 2.45) is 5.16 Å². The largest absolute Gasteiger partial charge is 0.478 e. The molecule has 0 aliphatic carbocycles. The fourth-order valence-electron chi connectivity index (χ4n) is 3.64. The zero-order valence-corrected chi connectivity index (χ0v) is 21.3. The maximum absolute atomic E-state index is 13.1. The minimum Gasteiger partial charge on any atom is -0.478 e. The van der Waals surface area contributed by atoms with Gasteiger partial charge >= 0.3 is 11.9 Å². The van der Waals surface area contributed by atoms with E-state index >= 15 is 0 Å². The fraction of sp³-hybridized carbons (Fsp3) is 0.381. The van der Waals surface area contributed by atoms with Crippen molar-refractivity contribution in [2.45, 2.75) is 43.6 Å². The van der Waals surface area contributed by atoms with E-state index in [-0.39, 0.29) is 16.7 Å². The number of nitrogens with two attached hydrogens (primary N) is 1. The number of aliphatic hydroxyl groups is 1. The Morgan fingerprint density at radius 3 is 2.59 bits per heavy atom. The number of nitrogens with one attached hydrogen (secondary N) is 1. The first-order valence-corrected chi connectivity index (χ1v) is 12.7. The third-order valence-electron chi connectivity index (χ3n) is 5.61. The summed E-state index contributed by atoms with van der Waals surface area (Å²) in [5.74, 6) is -3.17. The number of pyridine rings is 1. The van der Waals surface area contributed by atoms with E-state index in [9.17, 15) is 29.7 Å². The number of nitrogens with zero attached hydrogens (tertiary/aromatic N) is 5. The molecule has 37 heavy (non-hydrogen) atoms. The molecule has 2 aliphatic rings. The minimum atomic E-state index is -1.76. The predicted octanol–water partition coefficient (Wildman–Crippen LogP) is -0.778. The number of nitrogen functional groups attached to an aromatic ring is 1. The van der Waals surface area contributed by atoms with Gasteiger partial charge in [0.15, 0.2) is 30.3 Å². The quantitative estimate of drug-likeness (QED) is 0.148. The molecule has 16 heteroatoms. The van der Waals surface area contributed by atoms with Gasteiger partial charge in [-0.1, -0.05) is 11.2 Å². The molecule has 2 aromatic rings. The Hall–Kier alpha value is -3.76. The van der Waals surface area contributed by atoms with Gasteiger partial charge in [0.25, 0.3) is 5.91 Å². The average molecular weight is 551 g/mol. The lowest BCUT2D eigenvalue weighted by Gasteiger charge is -2.55. The highest BCUT2D eigenvalue weighted by atomic mass is 32.2. The van der Waals surface area contributed by atoms with Crippen LogP contribution in [0.15, 0.2) is 47.0 Å². The Morgan fingerprint density at radius 2 is 2.00 bits per heavy atom. The molecule has 0 saturated carbocycles. The summed E-state index contributed by atoms with van der Waals surface area (Å²) in [5.41, 5.74) is 4.01. The zero-order chi connectivity index (χ0) is 26.9. The van der Waals surface area contributed by atoms with Crippen LogP contribution in [0, 0.1) is 0 Å². The molecule has 196 valence electrons. The zero-order valence-electron chi connectivity index (χ0n) is 19.6. The normalized spacial score (nSPS) is 21.6. The first-order valence-electron chi connectivity index (χ1n) is 10.9. The van der Waals surface area contributed by atoms with Crippen LogP contribution in [0.5, 0.6) is 0 Å². The predicted molar refractivity (Wildman–Crippen MR) is 131 cm³/mol. The number of aliphatic hydroxyl groups excluding tert-OH is 1. The smallest absolute Gasteiger partial charge is 0.352 e. The highest BCUT2D eigenvalue weighted by Gasteiger charge is 2.54.